The zero-order chi connectivity index (χ0) is 13.8. The van der Waals surface area contributed by atoms with Gasteiger partial charge >= 0.3 is 0 Å². The fourth-order valence-electron chi connectivity index (χ4n) is 3.30. The summed E-state index contributed by atoms with van der Waals surface area (Å²) in [6.45, 7) is 8.54. The van der Waals surface area contributed by atoms with Crippen molar-refractivity contribution in [2.45, 2.75) is 64.6 Å². The minimum absolute atomic E-state index is 0.315. The van der Waals surface area contributed by atoms with E-state index in [-0.39, 0.29) is 0 Å². The SMILES string of the molecule is CCC1CCCCN1C(CN)c1cncn1C(C)C. The van der Waals surface area contributed by atoms with E-state index in [9.17, 15) is 0 Å². The third-order valence-corrected chi connectivity index (χ3v) is 4.36. The normalized spacial score (nSPS) is 22.9. The van der Waals surface area contributed by atoms with E-state index in [1.165, 1.54) is 37.9 Å². The molecule has 2 heterocycles. The molecule has 2 rings (SSSR count). The summed E-state index contributed by atoms with van der Waals surface area (Å²) in [7, 11) is 0. The van der Waals surface area contributed by atoms with Gasteiger partial charge in [0.25, 0.3) is 0 Å². The first-order valence-corrected chi connectivity index (χ1v) is 7.66. The zero-order valence-electron chi connectivity index (χ0n) is 12.5. The van der Waals surface area contributed by atoms with E-state index >= 15 is 0 Å². The van der Waals surface area contributed by atoms with Crippen molar-refractivity contribution >= 4 is 0 Å². The van der Waals surface area contributed by atoms with Gasteiger partial charge in [-0.1, -0.05) is 13.3 Å². The lowest BCUT2D eigenvalue weighted by molar-refractivity contribution is 0.0903. The van der Waals surface area contributed by atoms with Crippen molar-refractivity contribution in [2.24, 2.45) is 5.73 Å². The zero-order valence-corrected chi connectivity index (χ0v) is 12.5. The number of rotatable bonds is 5. The number of likely N-dealkylation sites (tertiary alicyclic amines) is 1. The van der Waals surface area contributed by atoms with Gasteiger partial charge in [0.2, 0.25) is 0 Å². The van der Waals surface area contributed by atoms with Crippen LogP contribution in [0, 0.1) is 0 Å². The molecule has 4 heteroatoms. The molecule has 1 aromatic heterocycles. The third kappa shape index (κ3) is 3.00. The number of aromatic nitrogens is 2. The van der Waals surface area contributed by atoms with Gasteiger partial charge in [-0.2, -0.15) is 0 Å². The van der Waals surface area contributed by atoms with Gasteiger partial charge in [0, 0.05) is 24.8 Å². The summed E-state index contributed by atoms with van der Waals surface area (Å²) in [6.07, 6.45) is 9.11. The fraction of sp³-hybridized carbons (Fsp3) is 0.800. The van der Waals surface area contributed by atoms with Crippen molar-refractivity contribution in [3.8, 4) is 0 Å². The van der Waals surface area contributed by atoms with Gasteiger partial charge in [0.05, 0.1) is 18.1 Å². The van der Waals surface area contributed by atoms with Crippen LogP contribution in [0.5, 0.6) is 0 Å². The van der Waals surface area contributed by atoms with E-state index in [1.54, 1.807) is 0 Å². The predicted molar refractivity (Wildman–Crippen MR) is 79.0 cm³/mol. The molecule has 1 aromatic rings. The van der Waals surface area contributed by atoms with Crippen molar-refractivity contribution in [1.29, 1.82) is 0 Å². The minimum atomic E-state index is 0.315. The first-order chi connectivity index (χ1) is 9.19. The number of imidazole rings is 1. The lowest BCUT2D eigenvalue weighted by Gasteiger charge is -2.41. The van der Waals surface area contributed by atoms with E-state index < -0.39 is 0 Å². The summed E-state index contributed by atoms with van der Waals surface area (Å²) in [4.78, 5) is 6.95. The average molecular weight is 264 g/mol. The Labute approximate surface area is 117 Å². The van der Waals surface area contributed by atoms with Gasteiger partial charge in [0.1, 0.15) is 0 Å². The Morgan fingerprint density at radius 2 is 2.21 bits per heavy atom. The molecule has 1 fully saturated rings. The van der Waals surface area contributed by atoms with Crippen LogP contribution in [-0.4, -0.2) is 33.6 Å². The van der Waals surface area contributed by atoms with Gasteiger partial charge < -0.3 is 10.3 Å². The summed E-state index contributed by atoms with van der Waals surface area (Å²) in [5, 5.41) is 0. The summed E-state index contributed by atoms with van der Waals surface area (Å²) in [5.41, 5.74) is 7.37. The molecule has 108 valence electrons. The smallest absolute Gasteiger partial charge is 0.0951 e. The summed E-state index contributed by atoms with van der Waals surface area (Å²) < 4.78 is 2.26. The van der Waals surface area contributed by atoms with Crippen LogP contribution in [0.15, 0.2) is 12.5 Å². The summed E-state index contributed by atoms with van der Waals surface area (Å²) in [5.74, 6) is 0. The molecule has 2 atom stereocenters. The summed E-state index contributed by atoms with van der Waals surface area (Å²) in [6, 6.07) is 1.43. The fourth-order valence-corrected chi connectivity index (χ4v) is 3.30. The monoisotopic (exact) mass is 264 g/mol. The van der Waals surface area contributed by atoms with Crippen molar-refractivity contribution in [3.05, 3.63) is 18.2 Å². The van der Waals surface area contributed by atoms with E-state index in [0.29, 0.717) is 24.7 Å². The molecule has 19 heavy (non-hydrogen) atoms. The number of hydrogen-bond donors (Lipinski definition) is 1. The quantitative estimate of drug-likeness (QED) is 0.889. The van der Waals surface area contributed by atoms with Crippen molar-refractivity contribution < 1.29 is 0 Å². The molecule has 0 amide bonds. The second-order valence-corrected chi connectivity index (χ2v) is 5.87. The second kappa shape index (κ2) is 6.53. The molecule has 0 bridgehead atoms. The van der Waals surface area contributed by atoms with Gasteiger partial charge in [-0.15, -0.1) is 0 Å². The number of nitrogens with two attached hydrogens (primary N) is 1. The topological polar surface area (TPSA) is 47.1 Å². The van der Waals surface area contributed by atoms with Crippen LogP contribution < -0.4 is 5.73 Å². The molecule has 1 aliphatic heterocycles. The molecule has 1 saturated heterocycles. The van der Waals surface area contributed by atoms with E-state index in [4.69, 9.17) is 5.73 Å². The van der Waals surface area contributed by atoms with Crippen molar-refractivity contribution in [2.75, 3.05) is 13.1 Å². The first-order valence-electron chi connectivity index (χ1n) is 7.66. The Kier molecular flexibility index (Phi) is 4.99. The molecule has 0 aromatic carbocycles. The maximum absolute atomic E-state index is 6.10. The van der Waals surface area contributed by atoms with Crippen LogP contribution in [0.2, 0.25) is 0 Å². The third-order valence-electron chi connectivity index (χ3n) is 4.36. The maximum Gasteiger partial charge on any atom is 0.0951 e. The molecule has 2 N–H and O–H groups in total. The van der Waals surface area contributed by atoms with Crippen LogP contribution in [0.1, 0.15) is 64.2 Å². The van der Waals surface area contributed by atoms with E-state index in [2.05, 4.69) is 35.2 Å². The average Bonchev–Trinajstić information content (AvgIpc) is 2.89. The summed E-state index contributed by atoms with van der Waals surface area (Å²) >= 11 is 0. The Morgan fingerprint density at radius 1 is 1.42 bits per heavy atom. The largest absolute Gasteiger partial charge is 0.331 e. The predicted octanol–water partition coefficient (Wildman–Crippen LogP) is 2.73. The van der Waals surface area contributed by atoms with E-state index in [1.807, 2.05) is 12.5 Å². The molecular formula is C15H28N4. The van der Waals surface area contributed by atoms with Gasteiger partial charge in [0.15, 0.2) is 0 Å². The molecule has 0 saturated carbocycles. The van der Waals surface area contributed by atoms with Gasteiger partial charge in [-0.3, -0.25) is 4.90 Å². The number of nitrogens with zero attached hydrogens (tertiary/aromatic N) is 3. The molecule has 0 aliphatic carbocycles. The van der Waals surface area contributed by atoms with Crippen LogP contribution >= 0.6 is 0 Å². The lowest BCUT2D eigenvalue weighted by atomic mass is 9.96. The van der Waals surface area contributed by atoms with E-state index in [0.717, 1.165) is 0 Å². The highest BCUT2D eigenvalue weighted by Gasteiger charge is 2.30. The minimum Gasteiger partial charge on any atom is -0.331 e. The second-order valence-electron chi connectivity index (χ2n) is 5.87. The van der Waals surface area contributed by atoms with Crippen molar-refractivity contribution in [1.82, 2.24) is 14.5 Å². The van der Waals surface area contributed by atoms with Crippen molar-refractivity contribution in [3.63, 3.8) is 0 Å². The molecule has 0 spiro atoms. The number of piperidine rings is 1. The highest BCUT2D eigenvalue weighted by molar-refractivity contribution is 5.09. The molecule has 0 radical (unpaired) electrons. The van der Waals surface area contributed by atoms with Gasteiger partial charge in [-0.05, 0) is 39.7 Å². The Balaban J connectivity index is 2.25. The first kappa shape index (κ1) is 14.5. The van der Waals surface area contributed by atoms with Crippen LogP contribution in [0.4, 0.5) is 0 Å². The highest BCUT2D eigenvalue weighted by Crippen LogP contribution is 2.30. The van der Waals surface area contributed by atoms with Gasteiger partial charge in [-0.25, -0.2) is 4.98 Å². The van der Waals surface area contributed by atoms with Crippen LogP contribution in [0.25, 0.3) is 0 Å². The Bertz CT molecular complexity index is 385. The van der Waals surface area contributed by atoms with Crippen LogP contribution in [-0.2, 0) is 0 Å². The molecule has 4 nitrogen and oxygen atoms in total. The molecule has 2 unspecified atom stereocenters. The maximum atomic E-state index is 6.10. The Morgan fingerprint density at radius 3 is 2.84 bits per heavy atom. The van der Waals surface area contributed by atoms with Crippen LogP contribution in [0.3, 0.4) is 0 Å². The molecule has 1 aliphatic rings. The standard InChI is InChI=1S/C15H28N4/c1-4-13-7-5-6-8-18(13)14(9-16)15-10-17-11-19(15)12(2)3/h10-14H,4-9,16H2,1-3H3. The lowest BCUT2D eigenvalue weighted by Crippen LogP contribution is -2.45. The Hall–Kier alpha value is -0.870. The highest BCUT2D eigenvalue weighted by atomic mass is 15.2. The number of hydrogen-bond acceptors (Lipinski definition) is 3. The molecular weight excluding hydrogens is 236 g/mol.